The van der Waals surface area contributed by atoms with Crippen molar-refractivity contribution in [2.45, 2.75) is 33.6 Å². The van der Waals surface area contributed by atoms with E-state index in [1.165, 1.54) is 0 Å². The van der Waals surface area contributed by atoms with Gasteiger partial charge in [0.25, 0.3) is 0 Å². The van der Waals surface area contributed by atoms with Crippen molar-refractivity contribution < 1.29 is 9.53 Å². The molecule has 0 heterocycles. The Hall–Kier alpha value is -1.08. The molecule has 13 heavy (non-hydrogen) atoms. The average Bonchev–Trinajstić information content (AvgIpc) is 2.12. The highest BCUT2D eigenvalue weighted by Gasteiger charge is 2.02. The molecule has 0 saturated heterocycles. The summed E-state index contributed by atoms with van der Waals surface area (Å²) >= 11 is 0. The van der Waals surface area contributed by atoms with Crippen LogP contribution in [0.4, 0.5) is 0 Å². The minimum absolute atomic E-state index is 0.331. The molecule has 0 spiro atoms. The predicted molar refractivity (Wildman–Crippen MR) is 53.0 cm³/mol. The van der Waals surface area contributed by atoms with Crippen molar-refractivity contribution in [2.24, 2.45) is 4.99 Å². The fraction of sp³-hybridized carbons (Fsp3) is 0.700. The van der Waals surface area contributed by atoms with Crippen LogP contribution in [0.25, 0.3) is 0 Å². The molecule has 0 aliphatic rings. The molecule has 0 rings (SSSR count). The summed E-state index contributed by atoms with van der Waals surface area (Å²) in [6.45, 7) is 6.66. The van der Waals surface area contributed by atoms with Crippen molar-refractivity contribution in [3.8, 4) is 0 Å². The van der Waals surface area contributed by atoms with Gasteiger partial charge in [-0.05, 0) is 26.1 Å². The van der Waals surface area contributed by atoms with Crippen molar-refractivity contribution >= 4 is 11.8 Å². The number of carbonyl (C=O) groups is 1. The first-order valence-corrected chi connectivity index (χ1v) is 4.65. The van der Waals surface area contributed by atoms with Crippen LogP contribution in [-0.4, -0.2) is 25.0 Å². The zero-order valence-electron chi connectivity index (χ0n) is 8.59. The monoisotopic (exact) mass is 183 g/mol. The highest BCUT2D eigenvalue weighted by atomic mass is 16.5. The third-order valence-electron chi connectivity index (χ3n) is 1.45. The average molecular weight is 183 g/mol. The van der Waals surface area contributed by atoms with E-state index in [0.29, 0.717) is 12.2 Å². The molecular weight excluding hydrogens is 166 g/mol. The van der Waals surface area contributed by atoms with Crippen LogP contribution in [-0.2, 0) is 9.53 Å². The lowest BCUT2D eigenvalue weighted by atomic mass is 10.3. The summed E-state index contributed by atoms with van der Waals surface area (Å²) in [6, 6.07) is 0. The number of unbranched alkanes of at least 4 members (excludes halogenated alkanes) is 1. The van der Waals surface area contributed by atoms with Crippen molar-refractivity contribution in [1.29, 1.82) is 0 Å². The highest BCUT2D eigenvalue weighted by molar-refractivity contribution is 5.97. The molecule has 0 aromatic carbocycles. The summed E-state index contributed by atoms with van der Waals surface area (Å²) in [5.41, 5.74) is 0.443. The maximum Gasteiger partial charge on any atom is 0.343 e. The lowest BCUT2D eigenvalue weighted by Gasteiger charge is -1.96. The van der Waals surface area contributed by atoms with E-state index < -0.39 is 0 Å². The zero-order valence-corrected chi connectivity index (χ0v) is 8.59. The number of hydrogen-bond donors (Lipinski definition) is 0. The van der Waals surface area contributed by atoms with E-state index in [9.17, 15) is 4.79 Å². The number of aliphatic imine (C=N–C) groups is 1. The van der Waals surface area contributed by atoms with Gasteiger partial charge in [-0.25, -0.2) is 9.79 Å². The molecule has 0 atom stereocenters. The standard InChI is InChI=1S/C10H17NO2/c1-4-6-7-11-8-9(3)10(12)13-5-2/h4-7H2,1-3H3. The van der Waals surface area contributed by atoms with Gasteiger partial charge in [0.1, 0.15) is 0 Å². The first kappa shape index (κ1) is 11.9. The van der Waals surface area contributed by atoms with E-state index >= 15 is 0 Å². The van der Waals surface area contributed by atoms with Gasteiger partial charge in [-0.1, -0.05) is 13.3 Å². The molecule has 3 nitrogen and oxygen atoms in total. The summed E-state index contributed by atoms with van der Waals surface area (Å²) < 4.78 is 4.76. The molecule has 0 aromatic rings. The summed E-state index contributed by atoms with van der Waals surface area (Å²) in [7, 11) is 0. The molecule has 0 unspecified atom stereocenters. The smallest absolute Gasteiger partial charge is 0.343 e. The van der Waals surface area contributed by atoms with Crippen LogP contribution in [0.2, 0.25) is 0 Å². The van der Waals surface area contributed by atoms with Crippen LogP contribution in [0.15, 0.2) is 10.6 Å². The summed E-state index contributed by atoms with van der Waals surface area (Å²) in [6.07, 6.45) is 2.13. The van der Waals surface area contributed by atoms with Gasteiger partial charge in [0.2, 0.25) is 0 Å². The Morgan fingerprint density at radius 1 is 1.46 bits per heavy atom. The number of carbonyl (C=O) groups excluding carboxylic acids is 1. The molecule has 0 bridgehead atoms. The second-order valence-corrected chi connectivity index (χ2v) is 2.69. The number of hydrogen-bond acceptors (Lipinski definition) is 3. The lowest BCUT2D eigenvalue weighted by Crippen LogP contribution is -2.05. The Morgan fingerprint density at radius 3 is 2.69 bits per heavy atom. The van der Waals surface area contributed by atoms with Gasteiger partial charge in [-0.15, -0.1) is 0 Å². The quantitative estimate of drug-likeness (QED) is 0.283. The second-order valence-electron chi connectivity index (χ2n) is 2.69. The Labute approximate surface area is 79.5 Å². The van der Waals surface area contributed by atoms with E-state index in [0.717, 1.165) is 19.4 Å². The van der Waals surface area contributed by atoms with E-state index in [2.05, 4.69) is 17.8 Å². The zero-order chi connectivity index (χ0) is 10.1. The summed E-state index contributed by atoms with van der Waals surface area (Å²) in [5, 5.41) is 0. The number of rotatable bonds is 5. The van der Waals surface area contributed by atoms with Crippen LogP contribution in [0.1, 0.15) is 33.6 Å². The third kappa shape index (κ3) is 6.12. The summed E-state index contributed by atoms with van der Waals surface area (Å²) in [5.74, 6) is 2.34. The van der Waals surface area contributed by atoms with Crippen LogP contribution < -0.4 is 0 Å². The number of nitrogens with zero attached hydrogens (tertiary/aromatic N) is 1. The van der Waals surface area contributed by atoms with Crippen LogP contribution in [0, 0.1) is 0 Å². The highest BCUT2D eigenvalue weighted by Crippen LogP contribution is 1.91. The first-order valence-electron chi connectivity index (χ1n) is 4.65. The minimum Gasteiger partial charge on any atom is -0.462 e. The van der Waals surface area contributed by atoms with E-state index in [-0.39, 0.29) is 5.97 Å². The van der Waals surface area contributed by atoms with Crippen molar-refractivity contribution in [1.82, 2.24) is 0 Å². The molecular formula is C10H17NO2. The maximum atomic E-state index is 11.0. The topological polar surface area (TPSA) is 38.7 Å². The van der Waals surface area contributed by atoms with Gasteiger partial charge in [0, 0.05) is 6.54 Å². The van der Waals surface area contributed by atoms with Crippen molar-refractivity contribution in [3.63, 3.8) is 0 Å². The second kappa shape index (κ2) is 7.56. The molecule has 0 radical (unpaired) electrons. The van der Waals surface area contributed by atoms with Gasteiger partial charge in [-0.2, -0.15) is 0 Å². The maximum absolute atomic E-state index is 11.0. The molecule has 74 valence electrons. The fourth-order valence-electron chi connectivity index (χ4n) is 0.697. The fourth-order valence-corrected chi connectivity index (χ4v) is 0.697. The van der Waals surface area contributed by atoms with Crippen molar-refractivity contribution in [2.75, 3.05) is 13.2 Å². The normalized spacial score (nSPS) is 8.85. The molecule has 0 amide bonds. The van der Waals surface area contributed by atoms with Gasteiger partial charge in [-0.3, -0.25) is 0 Å². The molecule has 0 N–H and O–H groups in total. The Bertz CT molecular complexity index is 215. The number of ether oxygens (including phenoxy) is 1. The SMILES string of the molecule is CCCCN=C=C(C)C(=O)OCC. The van der Waals surface area contributed by atoms with Gasteiger partial charge in [0.15, 0.2) is 0 Å². The predicted octanol–water partition coefficient (Wildman–Crippen LogP) is 1.97. The Kier molecular flexibility index (Phi) is 6.93. The van der Waals surface area contributed by atoms with E-state index in [1.807, 2.05) is 0 Å². The molecule has 0 fully saturated rings. The Morgan fingerprint density at radius 2 is 2.15 bits per heavy atom. The van der Waals surface area contributed by atoms with Crippen LogP contribution in [0.5, 0.6) is 0 Å². The first-order chi connectivity index (χ1) is 6.22. The molecule has 0 aliphatic carbocycles. The van der Waals surface area contributed by atoms with E-state index in [4.69, 9.17) is 4.74 Å². The van der Waals surface area contributed by atoms with Gasteiger partial charge < -0.3 is 4.74 Å². The summed E-state index contributed by atoms with van der Waals surface area (Å²) in [4.78, 5) is 15.0. The van der Waals surface area contributed by atoms with E-state index in [1.54, 1.807) is 13.8 Å². The van der Waals surface area contributed by atoms with Gasteiger partial charge >= 0.3 is 5.97 Å². The van der Waals surface area contributed by atoms with Crippen LogP contribution in [0.3, 0.4) is 0 Å². The molecule has 0 aliphatic heterocycles. The largest absolute Gasteiger partial charge is 0.462 e. The third-order valence-corrected chi connectivity index (χ3v) is 1.45. The van der Waals surface area contributed by atoms with Crippen LogP contribution >= 0.6 is 0 Å². The lowest BCUT2D eigenvalue weighted by molar-refractivity contribution is -0.138. The number of esters is 1. The molecule has 3 heteroatoms. The van der Waals surface area contributed by atoms with Crippen molar-refractivity contribution in [3.05, 3.63) is 5.57 Å². The molecule has 0 saturated carbocycles. The Balaban J connectivity index is 3.98. The molecule has 0 aromatic heterocycles. The minimum atomic E-state index is -0.331. The van der Waals surface area contributed by atoms with Gasteiger partial charge in [0.05, 0.1) is 12.2 Å².